The van der Waals surface area contributed by atoms with Gasteiger partial charge in [-0.25, -0.2) is 0 Å². The lowest BCUT2D eigenvalue weighted by atomic mass is 9.84. The molecule has 104 valence electrons. The van der Waals surface area contributed by atoms with Gasteiger partial charge in [0.1, 0.15) is 0 Å². The number of carbonyl (C=O) groups excluding carboxylic acids is 1. The Morgan fingerprint density at radius 2 is 2.00 bits per heavy atom. The van der Waals surface area contributed by atoms with Gasteiger partial charge in [0.25, 0.3) is 0 Å². The molecular weight excluding hydrogens is 248 g/mol. The molecule has 1 saturated carbocycles. The van der Waals surface area contributed by atoms with E-state index in [0.29, 0.717) is 18.0 Å². The van der Waals surface area contributed by atoms with Crippen LogP contribution in [0.5, 0.6) is 0 Å². The summed E-state index contributed by atoms with van der Waals surface area (Å²) in [6, 6.07) is 1.06. The smallest absolute Gasteiger partial charge is 0.227 e. The average Bonchev–Trinajstić information content (AvgIpc) is 2.94. The highest BCUT2D eigenvalue weighted by atomic mass is 35.5. The van der Waals surface area contributed by atoms with Crippen LogP contribution in [0.1, 0.15) is 45.4 Å². The first-order valence-corrected chi connectivity index (χ1v) is 7.30. The Labute approximate surface area is 116 Å². The summed E-state index contributed by atoms with van der Waals surface area (Å²) in [5.41, 5.74) is 0. The third kappa shape index (κ3) is 2.39. The Bertz CT molecular complexity index is 304. The van der Waals surface area contributed by atoms with E-state index in [2.05, 4.69) is 17.1 Å². The van der Waals surface area contributed by atoms with Gasteiger partial charge in [0.15, 0.2) is 0 Å². The van der Waals surface area contributed by atoms with E-state index in [9.17, 15) is 4.79 Å². The topological polar surface area (TPSA) is 32.3 Å². The quantitative estimate of drug-likeness (QED) is 0.794. The van der Waals surface area contributed by atoms with Crippen molar-refractivity contribution in [2.24, 2.45) is 11.8 Å². The summed E-state index contributed by atoms with van der Waals surface area (Å²) in [4.78, 5) is 14.9. The fourth-order valence-corrected chi connectivity index (χ4v) is 4.16. The second-order valence-electron chi connectivity index (χ2n) is 6.13. The van der Waals surface area contributed by atoms with Gasteiger partial charge in [-0.1, -0.05) is 12.8 Å². The van der Waals surface area contributed by atoms with Crippen LogP contribution in [0.4, 0.5) is 0 Å². The summed E-state index contributed by atoms with van der Waals surface area (Å²) in [6.45, 7) is 4.17. The van der Waals surface area contributed by atoms with Crippen molar-refractivity contribution >= 4 is 18.3 Å². The highest BCUT2D eigenvalue weighted by Gasteiger charge is 2.44. The molecular formula is C14H25ClN2O. The summed E-state index contributed by atoms with van der Waals surface area (Å²) in [7, 11) is 0. The number of halogens is 1. The van der Waals surface area contributed by atoms with Gasteiger partial charge < -0.3 is 10.2 Å². The van der Waals surface area contributed by atoms with Crippen LogP contribution >= 0.6 is 12.4 Å². The molecule has 1 aliphatic carbocycles. The maximum Gasteiger partial charge on any atom is 0.227 e. The average molecular weight is 273 g/mol. The third-order valence-electron chi connectivity index (χ3n) is 5.01. The van der Waals surface area contributed by atoms with Gasteiger partial charge in [-0.3, -0.25) is 4.79 Å². The molecule has 4 atom stereocenters. The molecule has 0 bridgehead atoms. The van der Waals surface area contributed by atoms with Crippen LogP contribution in [0.2, 0.25) is 0 Å². The van der Waals surface area contributed by atoms with E-state index in [0.717, 1.165) is 25.4 Å². The normalized spacial score (nSPS) is 39.3. The predicted molar refractivity (Wildman–Crippen MR) is 74.9 cm³/mol. The van der Waals surface area contributed by atoms with Crippen LogP contribution in [-0.4, -0.2) is 36.0 Å². The van der Waals surface area contributed by atoms with Gasteiger partial charge in [-0.15, -0.1) is 12.4 Å². The summed E-state index contributed by atoms with van der Waals surface area (Å²) in [5.74, 6) is 1.51. The first kappa shape index (κ1) is 14.1. The Balaban J connectivity index is 0.00000120. The maximum absolute atomic E-state index is 12.6. The Morgan fingerprint density at radius 3 is 2.72 bits per heavy atom. The molecule has 3 rings (SSSR count). The van der Waals surface area contributed by atoms with E-state index in [-0.39, 0.29) is 18.3 Å². The Morgan fingerprint density at radius 1 is 1.22 bits per heavy atom. The number of amides is 1. The largest absolute Gasteiger partial charge is 0.336 e. The van der Waals surface area contributed by atoms with Crippen molar-refractivity contribution in [3.63, 3.8) is 0 Å². The van der Waals surface area contributed by atoms with Crippen molar-refractivity contribution in [2.75, 3.05) is 13.1 Å². The SMILES string of the molecule is CC1CC2CCCCC2N1C(=O)C1CCNC1.Cl. The van der Waals surface area contributed by atoms with Crippen LogP contribution in [0.25, 0.3) is 0 Å². The van der Waals surface area contributed by atoms with Crippen LogP contribution in [-0.2, 0) is 4.79 Å². The lowest BCUT2D eigenvalue weighted by molar-refractivity contribution is -0.138. The van der Waals surface area contributed by atoms with Crippen LogP contribution < -0.4 is 5.32 Å². The minimum Gasteiger partial charge on any atom is -0.336 e. The number of nitrogens with zero attached hydrogens (tertiary/aromatic N) is 1. The molecule has 4 heteroatoms. The lowest BCUT2D eigenvalue weighted by Gasteiger charge is -2.34. The molecule has 0 spiro atoms. The molecule has 18 heavy (non-hydrogen) atoms. The van der Waals surface area contributed by atoms with Gasteiger partial charge in [-0.2, -0.15) is 0 Å². The predicted octanol–water partition coefficient (Wildman–Crippen LogP) is 2.20. The second-order valence-corrected chi connectivity index (χ2v) is 6.13. The van der Waals surface area contributed by atoms with Crippen LogP contribution in [0, 0.1) is 11.8 Å². The highest BCUT2D eigenvalue weighted by Crippen LogP contribution is 2.40. The molecule has 0 aromatic carbocycles. The van der Waals surface area contributed by atoms with Crippen molar-refractivity contribution in [1.82, 2.24) is 10.2 Å². The van der Waals surface area contributed by atoms with Crippen LogP contribution in [0.3, 0.4) is 0 Å². The molecule has 1 amide bonds. The zero-order valence-corrected chi connectivity index (χ0v) is 12.0. The number of hydrogen-bond donors (Lipinski definition) is 1. The highest BCUT2D eigenvalue weighted by molar-refractivity contribution is 5.85. The molecule has 0 aromatic heterocycles. The second kappa shape index (κ2) is 5.79. The number of likely N-dealkylation sites (tertiary alicyclic amines) is 1. The van der Waals surface area contributed by atoms with Gasteiger partial charge in [0, 0.05) is 18.6 Å². The van der Waals surface area contributed by atoms with E-state index >= 15 is 0 Å². The molecule has 1 N–H and O–H groups in total. The van der Waals surface area contributed by atoms with E-state index in [4.69, 9.17) is 0 Å². The molecule has 3 aliphatic rings. The fourth-order valence-electron chi connectivity index (χ4n) is 4.16. The van der Waals surface area contributed by atoms with Crippen molar-refractivity contribution in [2.45, 2.75) is 57.5 Å². The monoisotopic (exact) mass is 272 g/mol. The first-order valence-electron chi connectivity index (χ1n) is 7.30. The summed E-state index contributed by atoms with van der Waals surface area (Å²) < 4.78 is 0. The van der Waals surface area contributed by atoms with Gasteiger partial charge in [0.2, 0.25) is 5.91 Å². The zero-order chi connectivity index (χ0) is 11.8. The molecule has 0 aromatic rings. The first-order chi connectivity index (χ1) is 8.27. The number of nitrogens with one attached hydrogen (secondary N) is 1. The van der Waals surface area contributed by atoms with E-state index < -0.39 is 0 Å². The number of carbonyl (C=O) groups is 1. The minimum absolute atomic E-state index is 0. The van der Waals surface area contributed by atoms with Crippen molar-refractivity contribution in [1.29, 1.82) is 0 Å². The fraction of sp³-hybridized carbons (Fsp3) is 0.929. The number of rotatable bonds is 1. The van der Waals surface area contributed by atoms with Gasteiger partial charge in [-0.05, 0) is 45.1 Å². The van der Waals surface area contributed by atoms with Crippen LogP contribution in [0.15, 0.2) is 0 Å². The molecule has 2 aliphatic heterocycles. The molecule has 3 nitrogen and oxygen atoms in total. The molecule has 0 radical (unpaired) electrons. The van der Waals surface area contributed by atoms with Gasteiger partial charge >= 0.3 is 0 Å². The third-order valence-corrected chi connectivity index (χ3v) is 5.01. The van der Waals surface area contributed by atoms with E-state index in [1.165, 1.54) is 32.1 Å². The molecule has 2 saturated heterocycles. The summed E-state index contributed by atoms with van der Waals surface area (Å²) in [6.07, 6.45) is 7.58. The standard InChI is InChI=1S/C14H24N2O.ClH/c1-10-8-11-4-2-3-5-13(11)16(10)14(17)12-6-7-15-9-12;/h10-13,15H,2-9H2,1H3;1H. The van der Waals surface area contributed by atoms with E-state index in [1.807, 2.05) is 0 Å². The minimum atomic E-state index is 0. The summed E-state index contributed by atoms with van der Waals surface area (Å²) >= 11 is 0. The van der Waals surface area contributed by atoms with E-state index in [1.54, 1.807) is 0 Å². The molecule has 3 fully saturated rings. The Kier molecular flexibility index (Phi) is 4.54. The number of hydrogen-bond acceptors (Lipinski definition) is 2. The van der Waals surface area contributed by atoms with Gasteiger partial charge in [0.05, 0.1) is 5.92 Å². The van der Waals surface area contributed by atoms with Crippen molar-refractivity contribution < 1.29 is 4.79 Å². The lowest BCUT2D eigenvalue weighted by Crippen LogP contribution is -2.45. The zero-order valence-electron chi connectivity index (χ0n) is 11.2. The maximum atomic E-state index is 12.6. The van der Waals surface area contributed by atoms with Crippen molar-refractivity contribution in [3.8, 4) is 0 Å². The van der Waals surface area contributed by atoms with Crippen molar-refractivity contribution in [3.05, 3.63) is 0 Å². The molecule has 2 heterocycles. The Hall–Kier alpha value is -0.280. The summed E-state index contributed by atoms with van der Waals surface area (Å²) in [5, 5.41) is 3.32. The number of fused-ring (bicyclic) bond motifs is 1. The molecule has 4 unspecified atom stereocenters.